The average Bonchev–Trinajstić information content (AvgIpc) is 2.75. The van der Waals surface area contributed by atoms with Crippen LogP contribution < -0.4 is 32.8 Å². The maximum atomic E-state index is 13.1. The van der Waals surface area contributed by atoms with Crippen LogP contribution in [0, 0.1) is 11.8 Å². The van der Waals surface area contributed by atoms with Crippen LogP contribution in [0.1, 0.15) is 80.6 Å². The van der Waals surface area contributed by atoms with Crippen LogP contribution in [0.15, 0.2) is 5.10 Å². The fraction of sp³-hybridized carbons (Fsp3) is 0.792. The standard InChI is InChI=1S/C24H47N7O5/c1-8-16(4)19(25)21(33)30-18(13-15(2)3)20(32)29-17(14-28-31-22(26)34)11-9-10-12-27-23(35)36-24(5,6)7/h14-19H,8-13,25H2,1-7H3,(H,27,35)(H,29,32)(H,30,33)(H3,26,31,34)/b28-14+/t16-,17-,18-,19-/m0/s1. The molecule has 0 spiro atoms. The lowest BCUT2D eigenvalue weighted by molar-refractivity contribution is -0.130. The van der Waals surface area contributed by atoms with E-state index in [0.717, 1.165) is 6.42 Å². The number of hydrazone groups is 1. The molecule has 0 unspecified atom stereocenters. The minimum atomic E-state index is -0.832. The molecule has 0 aromatic rings. The second-order valence-electron chi connectivity index (χ2n) is 10.4. The summed E-state index contributed by atoms with van der Waals surface area (Å²) in [5.74, 6) is -0.639. The smallest absolute Gasteiger partial charge is 0.407 e. The van der Waals surface area contributed by atoms with Gasteiger partial charge in [-0.2, -0.15) is 5.10 Å². The molecule has 0 aliphatic rings. The van der Waals surface area contributed by atoms with E-state index in [2.05, 4.69) is 26.5 Å². The Hall–Kier alpha value is -2.89. The summed E-state index contributed by atoms with van der Waals surface area (Å²) in [6.45, 7) is 13.5. The molecule has 0 aliphatic carbocycles. The van der Waals surface area contributed by atoms with Gasteiger partial charge in [-0.25, -0.2) is 15.0 Å². The van der Waals surface area contributed by atoms with Crippen molar-refractivity contribution in [3.8, 4) is 0 Å². The minimum Gasteiger partial charge on any atom is -0.444 e. The van der Waals surface area contributed by atoms with Gasteiger partial charge in [0.05, 0.1) is 12.1 Å². The van der Waals surface area contributed by atoms with Crippen LogP contribution in [0.2, 0.25) is 0 Å². The zero-order valence-corrected chi connectivity index (χ0v) is 22.8. The number of nitrogens with zero attached hydrogens (tertiary/aromatic N) is 1. The third-order valence-corrected chi connectivity index (χ3v) is 5.27. The number of carbonyl (C=O) groups is 4. The second kappa shape index (κ2) is 16.7. The molecule has 0 aliphatic heterocycles. The Labute approximate surface area is 215 Å². The SMILES string of the molecule is CC[C@H](C)[C@H](N)C(=O)N[C@@H](CC(C)C)C(=O)N[C@H](/C=N/NC(N)=O)CCCCNC(=O)OC(C)(C)C. The highest BCUT2D eigenvalue weighted by atomic mass is 16.6. The molecule has 36 heavy (non-hydrogen) atoms. The molecule has 12 nitrogen and oxygen atoms in total. The van der Waals surface area contributed by atoms with E-state index in [1.54, 1.807) is 20.8 Å². The first kappa shape index (κ1) is 33.1. The lowest BCUT2D eigenvalue weighted by Crippen LogP contribution is -2.55. The first-order valence-corrected chi connectivity index (χ1v) is 12.6. The highest BCUT2D eigenvalue weighted by Gasteiger charge is 2.27. The monoisotopic (exact) mass is 513 g/mol. The van der Waals surface area contributed by atoms with Crippen molar-refractivity contribution in [3.05, 3.63) is 0 Å². The van der Waals surface area contributed by atoms with Crippen LogP contribution in [0.3, 0.4) is 0 Å². The predicted molar refractivity (Wildman–Crippen MR) is 140 cm³/mol. The maximum absolute atomic E-state index is 13.1. The summed E-state index contributed by atoms with van der Waals surface area (Å²) in [7, 11) is 0. The third kappa shape index (κ3) is 15.9. The predicted octanol–water partition coefficient (Wildman–Crippen LogP) is 1.72. The summed E-state index contributed by atoms with van der Waals surface area (Å²) >= 11 is 0. The summed E-state index contributed by atoms with van der Waals surface area (Å²) in [6.07, 6.45) is 3.77. The number of amides is 5. The first-order valence-electron chi connectivity index (χ1n) is 12.6. The molecule has 0 heterocycles. The number of hydrogen-bond donors (Lipinski definition) is 6. The van der Waals surface area contributed by atoms with Crippen LogP contribution in [0.25, 0.3) is 0 Å². The largest absolute Gasteiger partial charge is 0.444 e. The fourth-order valence-corrected chi connectivity index (χ4v) is 3.14. The quantitative estimate of drug-likeness (QED) is 0.110. The molecule has 0 fully saturated rings. The van der Waals surface area contributed by atoms with Crippen molar-refractivity contribution in [2.75, 3.05) is 6.54 Å². The van der Waals surface area contributed by atoms with Crippen molar-refractivity contribution < 1.29 is 23.9 Å². The van der Waals surface area contributed by atoms with Gasteiger partial charge in [0.25, 0.3) is 0 Å². The highest BCUT2D eigenvalue weighted by Crippen LogP contribution is 2.10. The van der Waals surface area contributed by atoms with Gasteiger partial charge < -0.3 is 32.2 Å². The van der Waals surface area contributed by atoms with E-state index in [0.29, 0.717) is 32.2 Å². The van der Waals surface area contributed by atoms with Crippen LogP contribution >= 0.6 is 0 Å². The normalized spacial score (nSPS) is 15.0. The summed E-state index contributed by atoms with van der Waals surface area (Å²) in [5.41, 5.74) is 12.6. The molecular formula is C24H47N7O5. The van der Waals surface area contributed by atoms with Crippen molar-refractivity contribution in [2.45, 2.75) is 104 Å². The average molecular weight is 514 g/mol. The van der Waals surface area contributed by atoms with E-state index in [-0.39, 0.29) is 23.7 Å². The number of carbonyl (C=O) groups excluding carboxylic acids is 4. The molecule has 8 N–H and O–H groups in total. The van der Waals surface area contributed by atoms with Crippen LogP contribution in [0.5, 0.6) is 0 Å². The Morgan fingerprint density at radius 3 is 2.19 bits per heavy atom. The number of ether oxygens (including phenoxy) is 1. The van der Waals surface area contributed by atoms with Crippen molar-refractivity contribution >= 4 is 30.2 Å². The zero-order valence-electron chi connectivity index (χ0n) is 22.8. The second-order valence-corrected chi connectivity index (χ2v) is 10.4. The van der Waals surface area contributed by atoms with Gasteiger partial charge in [-0.05, 0) is 58.3 Å². The van der Waals surface area contributed by atoms with Gasteiger partial charge in [-0.1, -0.05) is 34.1 Å². The lowest BCUT2D eigenvalue weighted by atomic mass is 9.97. The minimum absolute atomic E-state index is 0.0261. The van der Waals surface area contributed by atoms with E-state index >= 15 is 0 Å². The number of urea groups is 1. The Kier molecular flexibility index (Phi) is 15.4. The topological polar surface area (TPSA) is 190 Å². The van der Waals surface area contributed by atoms with Crippen molar-refractivity contribution in [2.24, 2.45) is 28.4 Å². The highest BCUT2D eigenvalue weighted by molar-refractivity contribution is 5.91. The molecule has 12 heteroatoms. The van der Waals surface area contributed by atoms with Gasteiger partial charge in [0.15, 0.2) is 0 Å². The van der Waals surface area contributed by atoms with Crippen LogP contribution in [-0.4, -0.2) is 60.4 Å². The van der Waals surface area contributed by atoms with Gasteiger partial charge in [0.1, 0.15) is 11.6 Å². The fourth-order valence-electron chi connectivity index (χ4n) is 3.14. The maximum Gasteiger partial charge on any atom is 0.407 e. The van der Waals surface area contributed by atoms with Crippen LogP contribution in [0.4, 0.5) is 9.59 Å². The molecule has 0 saturated carbocycles. The number of alkyl carbamates (subject to hydrolysis) is 1. The zero-order chi connectivity index (χ0) is 27.9. The van der Waals surface area contributed by atoms with E-state index in [9.17, 15) is 19.2 Å². The molecule has 0 rings (SSSR count). The number of primary amides is 1. The third-order valence-electron chi connectivity index (χ3n) is 5.27. The van der Waals surface area contributed by atoms with E-state index in [1.807, 2.05) is 27.7 Å². The van der Waals surface area contributed by atoms with E-state index < -0.39 is 35.9 Å². The molecule has 4 atom stereocenters. The number of nitrogens with one attached hydrogen (secondary N) is 4. The summed E-state index contributed by atoms with van der Waals surface area (Å²) in [6, 6.07) is -2.86. The summed E-state index contributed by atoms with van der Waals surface area (Å²) < 4.78 is 5.20. The van der Waals surface area contributed by atoms with E-state index in [1.165, 1.54) is 6.21 Å². The molecular weight excluding hydrogens is 466 g/mol. The number of unbranched alkanes of at least 4 members (excludes halogenated alkanes) is 1. The summed E-state index contributed by atoms with van der Waals surface area (Å²) in [4.78, 5) is 48.4. The van der Waals surface area contributed by atoms with Gasteiger partial charge in [-0.3, -0.25) is 9.59 Å². The van der Waals surface area contributed by atoms with Crippen molar-refractivity contribution in [1.82, 2.24) is 21.4 Å². The Balaban J connectivity index is 5.11. The lowest BCUT2D eigenvalue weighted by Gasteiger charge is -2.25. The van der Waals surface area contributed by atoms with Gasteiger partial charge in [-0.15, -0.1) is 0 Å². The Morgan fingerprint density at radius 1 is 1.03 bits per heavy atom. The molecule has 208 valence electrons. The Morgan fingerprint density at radius 2 is 1.67 bits per heavy atom. The molecule has 0 aromatic heterocycles. The molecule has 0 bridgehead atoms. The van der Waals surface area contributed by atoms with Crippen molar-refractivity contribution in [1.29, 1.82) is 0 Å². The molecule has 0 saturated heterocycles. The van der Waals surface area contributed by atoms with Crippen LogP contribution in [-0.2, 0) is 14.3 Å². The van der Waals surface area contributed by atoms with Gasteiger partial charge in [0, 0.05) is 12.8 Å². The van der Waals surface area contributed by atoms with E-state index in [4.69, 9.17) is 16.2 Å². The number of nitrogens with two attached hydrogens (primary N) is 2. The number of hydrogen-bond acceptors (Lipinski definition) is 7. The summed E-state index contributed by atoms with van der Waals surface area (Å²) in [5, 5.41) is 12.1. The molecule has 0 aromatic carbocycles. The van der Waals surface area contributed by atoms with Gasteiger partial charge >= 0.3 is 12.1 Å². The Bertz CT molecular complexity index is 737. The first-order chi connectivity index (χ1) is 16.7. The number of rotatable bonds is 15. The molecule has 5 amide bonds. The van der Waals surface area contributed by atoms with Crippen molar-refractivity contribution in [3.63, 3.8) is 0 Å². The van der Waals surface area contributed by atoms with Gasteiger partial charge in [0.2, 0.25) is 11.8 Å². The molecule has 0 radical (unpaired) electrons.